The number of thiophene rings is 1. The lowest BCUT2D eigenvalue weighted by atomic mass is 10.3. The van der Waals surface area contributed by atoms with Gasteiger partial charge in [0.2, 0.25) is 0 Å². The highest BCUT2D eigenvalue weighted by Crippen LogP contribution is 2.10. The van der Waals surface area contributed by atoms with E-state index < -0.39 is 0 Å². The van der Waals surface area contributed by atoms with Crippen LogP contribution in [0.5, 0.6) is 0 Å². The molecule has 0 unspecified atom stereocenters. The fraction of sp³-hybridized carbons (Fsp3) is 0.143. The molecule has 5 heteroatoms. The van der Waals surface area contributed by atoms with Crippen molar-refractivity contribution in [1.82, 2.24) is 15.2 Å². The fourth-order valence-corrected chi connectivity index (χ4v) is 1.68. The zero-order chi connectivity index (χ0) is 8.39. The van der Waals surface area contributed by atoms with Gasteiger partial charge in [-0.2, -0.15) is 5.10 Å². The summed E-state index contributed by atoms with van der Waals surface area (Å²) >= 11 is 1.65. The summed E-state index contributed by atoms with van der Waals surface area (Å²) in [6.45, 7) is 0. The van der Waals surface area contributed by atoms with Gasteiger partial charge in [-0.25, -0.2) is 9.89 Å². The van der Waals surface area contributed by atoms with E-state index in [2.05, 4.69) is 15.2 Å². The standard InChI is InChI=1S/C7H7N3OS/c11-7-8-6(9-10-7)4-5-2-1-3-12-5/h1-3H,4H2,(H2,8,9,10,11). The first-order chi connectivity index (χ1) is 5.84. The largest absolute Gasteiger partial charge is 0.340 e. The van der Waals surface area contributed by atoms with Crippen LogP contribution in [0.25, 0.3) is 0 Å². The molecule has 0 atom stereocenters. The molecule has 0 amide bonds. The summed E-state index contributed by atoms with van der Waals surface area (Å²) in [5.41, 5.74) is -0.249. The van der Waals surface area contributed by atoms with Crippen LogP contribution in [0, 0.1) is 0 Å². The second-order valence-corrected chi connectivity index (χ2v) is 3.41. The van der Waals surface area contributed by atoms with E-state index in [1.165, 1.54) is 4.88 Å². The molecule has 0 aliphatic rings. The van der Waals surface area contributed by atoms with Crippen LogP contribution in [0.15, 0.2) is 22.3 Å². The Morgan fingerprint density at radius 1 is 1.58 bits per heavy atom. The summed E-state index contributed by atoms with van der Waals surface area (Å²) in [6, 6.07) is 3.99. The van der Waals surface area contributed by atoms with Crippen LogP contribution in [-0.4, -0.2) is 15.2 Å². The zero-order valence-electron chi connectivity index (χ0n) is 6.20. The minimum Gasteiger partial charge on any atom is -0.293 e. The van der Waals surface area contributed by atoms with Crippen LogP contribution in [0.3, 0.4) is 0 Å². The number of aromatic amines is 2. The van der Waals surface area contributed by atoms with Gasteiger partial charge in [0.15, 0.2) is 0 Å². The molecule has 2 aromatic rings. The maximum atomic E-state index is 10.6. The minimum absolute atomic E-state index is 0.249. The van der Waals surface area contributed by atoms with Gasteiger partial charge >= 0.3 is 5.69 Å². The highest BCUT2D eigenvalue weighted by Gasteiger charge is 1.99. The molecular formula is C7H7N3OS. The van der Waals surface area contributed by atoms with Gasteiger partial charge in [0.25, 0.3) is 0 Å². The third kappa shape index (κ3) is 1.45. The van der Waals surface area contributed by atoms with Crippen molar-refractivity contribution in [3.63, 3.8) is 0 Å². The van der Waals surface area contributed by atoms with Gasteiger partial charge in [-0.1, -0.05) is 6.07 Å². The molecular weight excluding hydrogens is 174 g/mol. The maximum Gasteiger partial charge on any atom is 0.340 e. The summed E-state index contributed by atoms with van der Waals surface area (Å²) in [5, 5.41) is 8.13. The van der Waals surface area contributed by atoms with Gasteiger partial charge in [0, 0.05) is 11.3 Å². The quantitative estimate of drug-likeness (QED) is 0.718. The SMILES string of the molecule is O=c1[nH]nc(Cc2cccs2)[nH]1. The van der Waals surface area contributed by atoms with E-state index in [9.17, 15) is 4.79 Å². The second kappa shape index (κ2) is 2.94. The highest BCUT2D eigenvalue weighted by molar-refractivity contribution is 7.09. The second-order valence-electron chi connectivity index (χ2n) is 2.38. The number of nitrogens with zero attached hydrogens (tertiary/aromatic N) is 1. The topological polar surface area (TPSA) is 61.5 Å². The maximum absolute atomic E-state index is 10.6. The van der Waals surface area contributed by atoms with Crippen LogP contribution in [-0.2, 0) is 6.42 Å². The van der Waals surface area contributed by atoms with E-state index in [-0.39, 0.29) is 5.69 Å². The predicted molar refractivity (Wildman–Crippen MR) is 46.3 cm³/mol. The number of nitrogens with one attached hydrogen (secondary N) is 2. The Hall–Kier alpha value is -1.36. The lowest BCUT2D eigenvalue weighted by molar-refractivity contribution is 0.980. The summed E-state index contributed by atoms with van der Waals surface area (Å²) in [6.07, 6.45) is 0.691. The Balaban J connectivity index is 2.19. The van der Waals surface area contributed by atoms with E-state index in [0.29, 0.717) is 12.2 Å². The van der Waals surface area contributed by atoms with Gasteiger partial charge in [-0.3, -0.25) is 4.98 Å². The molecule has 0 fully saturated rings. The molecule has 0 radical (unpaired) electrons. The fourth-order valence-electron chi connectivity index (χ4n) is 0.967. The van der Waals surface area contributed by atoms with Crippen LogP contribution in [0.2, 0.25) is 0 Å². The molecule has 0 aliphatic carbocycles. The Morgan fingerprint density at radius 3 is 3.08 bits per heavy atom. The van der Waals surface area contributed by atoms with Gasteiger partial charge in [0.05, 0.1) is 0 Å². The number of aromatic nitrogens is 3. The predicted octanol–water partition coefficient (Wildman–Crippen LogP) is 0.750. The smallest absolute Gasteiger partial charge is 0.293 e. The Bertz CT molecular complexity index is 400. The van der Waals surface area contributed by atoms with E-state index in [0.717, 1.165) is 0 Å². The summed E-state index contributed by atoms with van der Waals surface area (Å²) in [5.74, 6) is 0.683. The van der Waals surface area contributed by atoms with Crippen molar-refractivity contribution in [2.45, 2.75) is 6.42 Å². The van der Waals surface area contributed by atoms with Crippen molar-refractivity contribution in [2.75, 3.05) is 0 Å². The molecule has 0 bridgehead atoms. The lowest BCUT2D eigenvalue weighted by Gasteiger charge is -1.88. The van der Waals surface area contributed by atoms with Gasteiger partial charge in [0.1, 0.15) is 5.82 Å². The van der Waals surface area contributed by atoms with E-state index in [1.54, 1.807) is 11.3 Å². The number of rotatable bonds is 2. The molecule has 62 valence electrons. The third-order valence-corrected chi connectivity index (χ3v) is 2.35. The molecule has 2 aromatic heterocycles. The number of hydrogen-bond acceptors (Lipinski definition) is 3. The molecule has 2 N–H and O–H groups in total. The molecule has 4 nitrogen and oxygen atoms in total. The number of H-pyrrole nitrogens is 2. The monoisotopic (exact) mass is 181 g/mol. The summed E-state index contributed by atoms with van der Waals surface area (Å²) < 4.78 is 0. The van der Waals surface area contributed by atoms with E-state index in [1.807, 2.05) is 17.5 Å². The Labute approximate surface area is 72.3 Å². The third-order valence-electron chi connectivity index (χ3n) is 1.47. The van der Waals surface area contributed by atoms with Crippen molar-refractivity contribution < 1.29 is 0 Å². The molecule has 0 spiro atoms. The first-order valence-electron chi connectivity index (χ1n) is 3.50. The molecule has 2 heterocycles. The molecule has 2 rings (SSSR count). The first kappa shape index (κ1) is 7.30. The Kier molecular flexibility index (Phi) is 1.79. The zero-order valence-corrected chi connectivity index (χ0v) is 7.02. The Morgan fingerprint density at radius 2 is 2.50 bits per heavy atom. The number of hydrogen-bond donors (Lipinski definition) is 2. The molecule has 12 heavy (non-hydrogen) atoms. The normalized spacial score (nSPS) is 10.3. The van der Waals surface area contributed by atoms with Crippen molar-refractivity contribution in [2.24, 2.45) is 0 Å². The molecule has 0 aromatic carbocycles. The molecule has 0 saturated heterocycles. The summed E-state index contributed by atoms with van der Waals surface area (Å²) in [4.78, 5) is 14.4. The van der Waals surface area contributed by atoms with Crippen LogP contribution < -0.4 is 5.69 Å². The van der Waals surface area contributed by atoms with E-state index in [4.69, 9.17) is 0 Å². The van der Waals surface area contributed by atoms with Crippen LogP contribution in [0.1, 0.15) is 10.7 Å². The van der Waals surface area contributed by atoms with Gasteiger partial charge < -0.3 is 0 Å². The highest BCUT2D eigenvalue weighted by atomic mass is 32.1. The molecule has 0 saturated carbocycles. The average Bonchev–Trinajstić information content (AvgIpc) is 2.63. The van der Waals surface area contributed by atoms with Crippen LogP contribution in [0.4, 0.5) is 0 Å². The van der Waals surface area contributed by atoms with Crippen molar-refractivity contribution >= 4 is 11.3 Å². The van der Waals surface area contributed by atoms with Gasteiger partial charge in [-0.05, 0) is 11.4 Å². The average molecular weight is 181 g/mol. The summed E-state index contributed by atoms with van der Waals surface area (Å²) in [7, 11) is 0. The minimum atomic E-state index is -0.249. The lowest BCUT2D eigenvalue weighted by Crippen LogP contribution is -2.01. The van der Waals surface area contributed by atoms with Crippen molar-refractivity contribution in [3.05, 3.63) is 38.7 Å². The molecule has 0 aliphatic heterocycles. The van der Waals surface area contributed by atoms with Crippen LogP contribution >= 0.6 is 11.3 Å². The first-order valence-corrected chi connectivity index (χ1v) is 4.38. The van der Waals surface area contributed by atoms with Crippen molar-refractivity contribution in [3.8, 4) is 0 Å². The van der Waals surface area contributed by atoms with Gasteiger partial charge in [-0.15, -0.1) is 11.3 Å². The van der Waals surface area contributed by atoms with E-state index >= 15 is 0 Å². The van der Waals surface area contributed by atoms with Crippen molar-refractivity contribution in [1.29, 1.82) is 0 Å².